The number of benzene rings is 1. The van der Waals surface area contributed by atoms with Crippen molar-refractivity contribution in [1.29, 1.82) is 0 Å². The van der Waals surface area contributed by atoms with E-state index in [-0.39, 0.29) is 0 Å². The molecule has 0 aromatic heterocycles. The van der Waals surface area contributed by atoms with Gasteiger partial charge in [-0.1, -0.05) is 41.1 Å². The summed E-state index contributed by atoms with van der Waals surface area (Å²) in [7, 11) is 0. The van der Waals surface area contributed by atoms with Crippen LogP contribution in [-0.4, -0.2) is 4.22 Å². The van der Waals surface area contributed by atoms with Crippen LogP contribution in [0.4, 0.5) is 11.4 Å². The summed E-state index contributed by atoms with van der Waals surface area (Å²) in [6, 6.07) is 8.05. The molecule has 1 unspecified atom stereocenters. The second-order valence-corrected chi connectivity index (χ2v) is 5.84. The maximum Gasteiger partial charge on any atom is 0.0869 e. The Kier molecular flexibility index (Phi) is 5.00. The third-order valence-corrected chi connectivity index (χ3v) is 3.50. The number of allylic oxidation sites excluding steroid dienone is 3. The van der Waals surface area contributed by atoms with Gasteiger partial charge in [0.15, 0.2) is 0 Å². The van der Waals surface area contributed by atoms with Crippen LogP contribution in [0.25, 0.3) is 0 Å². The minimum atomic E-state index is 0.548. The van der Waals surface area contributed by atoms with Gasteiger partial charge in [-0.15, -0.1) is 0 Å². The van der Waals surface area contributed by atoms with Crippen molar-refractivity contribution in [2.75, 3.05) is 5.32 Å². The Morgan fingerprint density at radius 2 is 2.22 bits per heavy atom. The molecule has 1 aromatic carbocycles. The molecule has 0 amide bonds. The molecule has 0 saturated carbocycles. The molecule has 0 saturated heterocycles. The average molecular weight is 417 g/mol. The van der Waals surface area contributed by atoms with Crippen LogP contribution in [-0.2, 0) is 0 Å². The maximum atomic E-state index is 4.35. The third-order valence-electron chi connectivity index (χ3n) is 2.66. The zero-order valence-electron chi connectivity index (χ0n) is 10.0. The van der Waals surface area contributed by atoms with Crippen molar-refractivity contribution in [2.45, 2.75) is 13.3 Å². The van der Waals surface area contributed by atoms with Gasteiger partial charge in [0, 0.05) is 5.70 Å². The third kappa shape index (κ3) is 3.68. The number of halogens is 2. The highest BCUT2D eigenvalue weighted by molar-refractivity contribution is 14.1. The zero-order chi connectivity index (χ0) is 13.0. The summed E-state index contributed by atoms with van der Waals surface area (Å²) in [6.07, 6.45) is 5.44. The average Bonchev–Trinajstić information content (AvgIpc) is 2.30. The number of rotatable bonds is 3. The van der Waals surface area contributed by atoms with E-state index in [1.54, 1.807) is 4.22 Å². The number of nitrogens with one attached hydrogen (secondary N) is 1. The summed E-state index contributed by atoms with van der Waals surface area (Å²) in [6.45, 7) is 2.21. The number of hydrogen-bond acceptors (Lipinski definition) is 2. The first-order valence-electron chi connectivity index (χ1n) is 5.75. The summed E-state index contributed by atoms with van der Waals surface area (Å²) in [5.41, 5.74) is 3.11. The highest BCUT2D eigenvalue weighted by Gasteiger charge is 2.10. The molecule has 1 atom stereocenters. The molecule has 1 aliphatic rings. The Bertz CT molecular complexity index is 520. The summed E-state index contributed by atoms with van der Waals surface area (Å²) < 4.78 is 3.01. The fourth-order valence-corrected chi connectivity index (χ4v) is 2.98. The number of aliphatic imine (C=N–C) groups is 1. The fourth-order valence-electron chi connectivity index (χ4n) is 1.93. The van der Waals surface area contributed by atoms with E-state index in [0.717, 1.165) is 23.5 Å². The van der Waals surface area contributed by atoms with E-state index in [4.69, 9.17) is 0 Å². The second kappa shape index (κ2) is 6.52. The van der Waals surface area contributed by atoms with E-state index < -0.39 is 0 Å². The van der Waals surface area contributed by atoms with Crippen LogP contribution < -0.4 is 5.32 Å². The summed E-state index contributed by atoms with van der Waals surface area (Å²) in [5.74, 6) is 0.548. The predicted octanol–water partition coefficient (Wildman–Crippen LogP) is 5.40. The van der Waals surface area contributed by atoms with E-state index in [1.165, 1.54) is 4.48 Å². The van der Waals surface area contributed by atoms with Crippen molar-refractivity contribution in [3.8, 4) is 0 Å². The van der Waals surface area contributed by atoms with E-state index in [2.05, 4.69) is 67.9 Å². The summed E-state index contributed by atoms with van der Waals surface area (Å²) >= 11 is 5.71. The van der Waals surface area contributed by atoms with E-state index in [0.29, 0.717) is 5.92 Å². The van der Waals surface area contributed by atoms with E-state index in [1.807, 2.05) is 24.3 Å². The van der Waals surface area contributed by atoms with Crippen LogP contribution in [0, 0.1) is 5.92 Å². The molecule has 18 heavy (non-hydrogen) atoms. The van der Waals surface area contributed by atoms with Gasteiger partial charge in [-0.3, -0.25) is 0 Å². The molecular weight excluding hydrogens is 403 g/mol. The fraction of sp³-hybridized carbons (Fsp3) is 0.214. The molecule has 0 aliphatic heterocycles. The molecule has 2 nitrogen and oxygen atoms in total. The molecule has 1 N–H and O–H groups in total. The van der Waals surface area contributed by atoms with Gasteiger partial charge in [-0.25, -0.2) is 4.99 Å². The lowest BCUT2D eigenvalue weighted by molar-refractivity contribution is 0.725. The molecule has 0 bridgehead atoms. The number of anilines is 1. The summed E-state index contributed by atoms with van der Waals surface area (Å²) in [5, 5.41) is 3.43. The molecular formula is C14H14BrIN2. The van der Waals surface area contributed by atoms with Gasteiger partial charge in [0.2, 0.25) is 0 Å². The smallest absolute Gasteiger partial charge is 0.0869 e. The van der Waals surface area contributed by atoms with Crippen molar-refractivity contribution in [2.24, 2.45) is 10.9 Å². The first kappa shape index (κ1) is 13.8. The zero-order valence-corrected chi connectivity index (χ0v) is 13.8. The Hall–Kier alpha value is -0.620. The van der Waals surface area contributed by atoms with Crippen LogP contribution in [0.1, 0.15) is 13.3 Å². The molecule has 0 heterocycles. The van der Waals surface area contributed by atoms with Gasteiger partial charge >= 0.3 is 0 Å². The Balaban J connectivity index is 2.24. The standard InChI is InChI=1S/C14H14BrIN2/c1-10-6-11(15)8-12(7-10)18-14-5-3-2-4-13(14)17-9-16/h2-5,7-10,18H,6H2,1H3. The van der Waals surface area contributed by atoms with Crippen molar-refractivity contribution in [3.63, 3.8) is 0 Å². The van der Waals surface area contributed by atoms with Crippen molar-refractivity contribution in [3.05, 3.63) is 46.6 Å². The molecule has 94 valence electrons. The normalized spacial score (nSPS) is 19.6. The Labute approximate surface area is 130 Å². The molecule has 1 aliphatic carbocycles. The lowest BCUT2D eigenvalue weighted by Gasteiger charge is -2.17. The molecule has 2 rings (SSSR count). The van der Waals surface area contributed by atoms with Gasteiger partial charge in [-0.05, 0) is 57.6 Å². The topological polar surface area (TPSA) is 24.4 Å². The van der Waals surface area contributed by atoms with E-state index in [9.17, 15) is 0 Å². The quantitative estimate of drug-likeness (QED) is 0.518. The van der Waals surface area contributed by atoms with Crippen molar-refractivity contribution >= 4 is 54.1 Å². The van der Waals surface area contributed by atoms with Crippen LogP contribution in [0.3, 0.4) is 0 Å². The van der Waals surface area contributed by atoms with Crippen LogP contribution >= 0.6 is 38.5 Å². The number of nitrogens with zero attached hydrogens (tertiary/aromatic N) is 1. The monoisotopic (exact) mass is 416 g/mol. The lowest BCUT2D eigenvalue weighted by atomic mass is 10.0. The maximum absolute atomic E-state index is 4.35. The van der Waals surface area contributed by atoms with Crippen molar-refractivity contribution in [1.82, 2.24) is 0 Å². The molecule has 1 aromatic rings. The molecule has 0 spiro atoms. The van der Waals surface area contributed by atoms with Crippen LogP contribution in [0.2, 0.25) is 0 Å². The first-order valence-corrected chi connectivity index (χ1v) is 7.79. The second-order valence-electron chi connectivity index (χ2n) is 4.26. The molecule has 0 fully saturated rings. The lowest BCUT2D eigenvalue weighted by Crippen LogP contribution is -2.05. The number of para-hydroxylation sites is 2. The minimum absolute atomic E-state index is 0.548. The Morgan fingerprint density at radius 3 is 2.94 bits per heavy atom. The van der Waals surface area contributed by atoms with Gasteiger partial charge in [0.25, 0.3) is 0 Å². The van der Waals surface area contributed by atoms with Crippen LogP contribution in [0.15, 0.2) is 51.6 Å². The van der Waals surface area contributed by atoms with Gasteiger partial charge < -0.3 is 5.32 Å². The van der Waals surface area contributed by atoms with Crippen LogP contribution in [0.5, 0.6) is 0 Å². The largest absolute Gasteiger partial charge is 0.354 e. The van der Waals surface area contributed by atoms with Gasteiger partial charge in [-0.2, -0.15) is 0 Å². The van der Waals surface area contributed by atoms with Crippen molar-refractivity contribution < 1.29 is 0 Å². The predicted molar refractivity (Wildman–Crippen MR) is 91.1 cm³/mol. The highest BCUT2D eigenvalue weighted by Crippen LogP contribution is 2.30. The molecule has 0 radical (unpaired) electrons. The van der Waals surface area contributed by atoms with E-state index >= 15 is 0 Å². The Morgan fingerprint density at radius 1 is 1.44 bits per heavy atom. The highest BCUT2D eigenvalue weighted by atomic mass is 127. The molecule has 4 heteroatoms. The minimum Gasteiger partial charge on any atom is -0.354 e. The van der Waals surface area contributed by atoms with Gasteiger partial charge in [0.1, 0.15) is 0 Å². The number of hydrogen-bond donors (Lipinski definition) is 1. The summed E-state index contributed by atoms with van der Waals surface area (Å²) in [4.78, 5) is 4.35. The van der Waals surface area contributed by atoms with Gasteiger partial charge in [0.05, 0.1) is 15.6 Å². The first-order chi connectivity index (χ1) is 8.69. The SMILES string of the molecule is CC1C=C(Nc2ccccc2N=CI)C=C(Br)C1.